The van der Waals surface area contributed by atoms with Gasteiger partial charge in [0.1, 0.15) is 11.6 Å². The van der Waals surface area contributed by atoms with E-state index in [1.165, 1.54) is 12.1 Å². The number of nitrogens with one attached hydrogen (secondary N) is 1. The number of benzene rings is 1. The first-order chi connectivity index (χ1) is 9.93. The van der Waals surface area contributed by atoms with Crippen LogP contribution >= 0.6 is 0 Å². The maximum atomic E-state index is 14.5. The number of hydrogen-bond donors (Lipinski definition) is 1. The summed E-state index contributed by atoms with van der Waals surface area (Å²) in [7, 11) is 0. The average Bonchev–Trinajstić information content (AvgIpc) is 2.44. The highest BCUT2D eigenvalue weighted by molar-refractivity contribution is 5.30. The maximum Gasteiger partial charge on any atom is 0.133 e. The van der Waals surface area contributed by atoms with Gasteiger partial charge in [0.25, 0.3) is 0 Å². The van der Waals surface area contributed by atoms with Crippen LogP contribution < -0.4 is 5.32 Å². The molecular weight excluding hydrogens is 272 g/mol. The minimum absolute atomic E-state index is 0.0931. The summed E-state index contributed by atoms with van der Waals surface area (Å²) < 4.78 is 34.5. The minimum atomic E-state index is -0.517. The van der Waals surface area contributed by atoms with Gasteiger partial charge >= 0.3 is 0 Å². The standard InChI is InChI=1S/C17H27F2NO/c1-6-10-20-16(17(11(3)4)21-7-2)14-13(18)9-8-12(5)15(14)19/h8-9,11,16-17,20H,6-7,10H2,1-5H3. The van der Waals surface area contributed by atoms with Crippen molar-refractivity contribution >= 4 is 0 Å². The van der Waals surface area contributed by atoms with Crippen LogP contribution in [0.3, 0.4) is 0 Å². The second-order valence-electron chi connectivity index (χ2n) is 5.69. The highest BCUT2D eigenvalue weighted by Crippen LogP contribution is 2.30. The summed E-state index contributed by atoms with van der Waals surface area (Å²) in [6, 6.07) is 2.32. The van der Waals surface area contributed by atoms with Gasteiger partial charge in [-0.1, -0.05) is 26.8 Å². The molecule has 21 heavy (non-hydrogen) atoms. The Balaban J connectivity index is 3.26. The van der Waals surface area contributed by atoms with Gasteiger partial charge in [0, 0.05) is 12.2 Å². The summed E-state index contributed by atoms with van der Waals surface area (Å²) in [5, 5.41) is 3.26. The second-order valence-corrected chi connectivity index (χ2v) is 5.69. The summed E-state index contributed by atoms with van der Waals surface area (Å²) in [4.78, 5) is 0. The molecule has 0 radical (unpaired) electrons. The number of halogens is 2. The van der Waals surface area contributed by atoms with Gasteiger partial charge in [0.15, 0.2) is 0 Å². The first kappa shape index (κ1) is 18.1. The van der Waals surface area contributed by atoms with Gasteiger partial charge in [-0.05, 0) is 44.4 Å². The minimum Gasteiger partial charge on any atom is -0.376 e. The molecule has 0 fully saturated rings. The van der Waals surface area contributed by atoms with E-state index in [1.807, 2.05) is 27.7 Å². The van der Waals surface area contributed by atoms with Crippen molar-refractivity contribution in [2.24, 2.45) is 5.92 Å². The molecule has 1 rings (SSSR count). The van der Waals surface area contributed by atoms with Crippen LogP contribution in [0.1, 0.15) is 51.3 Å². The highest BCUT2D eigenvalue weighted by atomic mass is 19.1. The molecule has 2 unspecified atom stereocenters. The van der Waals surface area contributed by atoms with Gasteiger partial charge in [0.05, 0.1) is 12.1 Å². The van der Waals surface area contributed by atoms with Gasteiger partial charge in [-0.15, -0.1) is 0 Å². The molecule has 0 saturated heterocycles. The maximum absolute atomic E-state index is 14.5. The Kier molecular flexibility index (Phi) is 7.26. The van der Waals surface area contributed by atoms with E-state index in [9.17, 15) is 8.78 Å². The van der Waals surface area contributed by atoms with Crippen molar-refractivity contribution in [1.29, 1.82) is 0 Å². The topological polar surface area (TPSA) is 21.3 Å². The fraction of sp³-hybridized carbons (Fsp3) is 0.647. The van der Waals surface area contributed by atoms with Crippen molar-refractivity contribution in [3.63, 3.8) is 0 Å². The third kappa shape index (κ3) is 4.48. The van der Waals surface area contributed by atoms with Crippen molar-refractivity contribution < 1.29 is 13.5 Å². The van der Waals surface area contributed by atoms with E-state index in [0.717, 1.165) is 6.42 Å². The van der Waals surface area contributed by atoms with Crippen molar-refractivity contribution in [1.82, 2.24) is 5.32 Å². The van der Waals surface area contributed by atoms with Gasteiger partial charge in [-0.3, -0.25) is 0 Å². The Morgan fingerprint density at radius 2 is 1.86 bits per heavy atom. The van der Waals surface area contributed by atoms with Gasteiger partial charge in [-0.25, -0.2) is 8.78 Å². The molecule has 2 atom stereocenters. The van der Waals surface area contributed by atoms with Crippen LogP contribution in [0.4, 0.5) is 8.78 Å². The largest absolute Gasteiger partial charge is 0.376 e. The zero-order valence-electron chi connectivity index (χ0n) is 13.7. The number of ether oxygens (including phenoxy) is 1. The lowest BCUT2D eigenvalue weighted by Gasteiger charge is -2.32. The molecule has 0 saturated carbocycles. The molecule has 1 aromatic rings. The molecule has 0 aliphatic heterocycles. The molecule has 4 heteroatoms. The summed E-state index contributed by atoms with van der Waals surface area (Å²) in [6.07, 6.45) is 0.620. The van der Waals surface area contributed by atoms with Crippen molar-refractivity contribution in [3.8, 4) is 0 Å². The normalized spacial score (nSPS) is 14.5. The number of rotatable bonds is 8. The molecule has 0 heterocycles. The Hall–Kier alpha value is -1.00. The number of aryl methyl sites for hydroxylation is 1. The summed E-state index contributed by atoms with van der Waals surface area (Å²) in [6.45, 7) is 10.8. The monoisotopic (exact) mass is 299 g/mol. The van der Waals surface area contributed by atoms with Crippen LogP contribution in [0.5, 0.6) is 0 Å². The van der Waals surface area contributed by atoms with Gasteiger partial charge < -0.3 is 10.1 Å². The zero-order valence-corrected chi connectivity index (χ0v) is 13.7. The molecule has 1 N–H and O–H groups in total. The molecule has 0 aliphatic carbocycles. The van der Waals surface area contributed by atoms with E-state index < -0.39 is 17.7 Å². The smallest absolute Gasteiger partial charge is 0.133 e. The zero-order chi connectivity index (χ0) is 16.0. The predicted octanol–water partition coefficient (Wildman–Crippen LogP) is 4.38. The molecule has 120 valence electrons. The van der Waals surface area contributed by atoms with Crippen LogP contribution in [0.25, 0.3) is 0 Å². The quantitative estimate of drug-likeness (QED) is 0.769. The van der Waals surface area contributed by atoms with Crippen molar-refractivity contribution in [2.45, 2.75) is 53.2 Å². The molecule has 0 spiro atoms. The van der Waals surface area contributed by atoms with E-state index >= 15 is 0 Å². The molecule has 0 bridgehead atoms. The fourth-order valence-electron chi connectivity index (χ4n) is 2.51. The van der Waals surface area contributed by atoms with Crippen molar-refractivity contribution in [2.75, 3.05) is 13.2 Å². The van der Waals surface area contributed by atoms with Crippen LogP contribution in [0.2, 0.25) is 0 Å². The third-order valence-corrected chi connectivity index (χ3v) is 3.59. The van der Waals surface area contributed by atoms with Gasteiger partial charge in [-0.2, -0.15) is 0 Å². The van der Waals surface area contributed by atoms with E-state index in [2.05, 4.69) is 5.32 Å². The van der Waals surface area contributed by atoms with E-state index in [4.69, 9.17) is 4.74 Å². The van der Waals surface area contributed by atoms with Crippen molar-refractivity contribution in [3.05, 3.63) is 34.9 Å². The van der Waals surface area contributed by atoms with Crippen LogP contribution in [0.15, 0.2) is 12.1 Å². The SMILES string of the molecule is CCCNC(c1c(F)ccc(C)c1F)C(OCC)C(C)C. The lowest BCUT2D eigenvalue weighted by molar-refractivity contribution is 0.00113. The first-order valence-electron chi connectivity index (χ1n) is 7.73. The fourth-order valence-corrected chi connectivity index (χ4v) is 2.51. The summed E-state index contributed by atoms with van der Waals surface area (Å²) in [5.41, 5.74) is 0.546. The molecule has 1 aromatic carbocycles. The first-order valence-corrected chi connectivity index (χ1v) is 7.73. The average molecular weight is 299 g/mol. The Morgan fingerprint density at radius 1 is 1.19 bits per heavy atom. The highest BCUT2D eigenvalue weighted by Gasteiger charge is 2.31. The second kappa shape index (κ2) is 8.44. The molecule has 0 aliphatic rings. The van der Waals surface area contributed by atoms with Gasteiger partial charge in [0.2, 0.25) is 0 Å². The third-order valence-electron chi connectivity index (χ3n) is 3.59. The van der Waals surface area contributed by atoms with Crippen LogP contribution in [-0.2, 0) is 4.74 Å². The molecule has 0 amide bonds. The predicted molar refractivity (Wildman–Crippen MR) is 82.4 cm³/mol. The van der Waals surface area contributed by atoms with E-state index in [-0.39, 0.29) is 17.6 Å². The molecule has 2 nitrogen and oxygen atoms in total. The van der Waals surface area contributed by atoms with Crippen LogP contribution in [-0.4, -0.2) is 19.3 Å². The molecular formula is C17H27F2NO. The summed E-state index contributed by atoms with van der Waals surface area (Å²) in [5.74, 6) is -0.843. The molecule has 0 aromatic heterocycles. The van der Waals surface area contributed by atoms with Crippen LogP contribution in [0, 0.1) is 24.5 Å². The lowest BCUT2D eigenvalue weighted by atomic mass is 9.91. The Labute approximate surface area is 126 Å². The Bertz CT molecular complexity index is 449. The Morgan fingerprint density at radius 3 is 2.38 bits per heavy atom. The van der Waals surface area contributed by atoms with E-state index in [1.54, 1.807) is 6.92 Å². The van der Waals surface area contributed by atoms with E-state index in [0.29, 0.717) is 18.7 Å². The summed E-state index contributed by atoms with van der Waals surface area (Å²) >= 11 is 0. The lowest BCUT2D eigenvalue weighted by Crippen LogP contribution is -2.39. The number of hydrogen-bond acceptors (Lipinski definition) is 2.